The van der Waals surface area contributed by atoms with Gasteiger partial charge in [-0.1, -0.05) is 133 Å². The summed E-state index contributed by atoms with van der Waals surface area (Å²) in [5.41, 5.74) is 12.8. The number of hydrogen-bond acceptors (Lipinski definition) is 1. The van der Waals surface area contributed by atoms with E-state index in [1.807, 2.05) is 0 Å². The highest BCUT2D eigenvalue weighted by molar-refractivity contribution is 6.23. The van der Waals surface area contributed by atoms with Gasteiger partial charge in [0.2, 0.25) is 0 Å². The summed E-state index contributed by atoms with van der Waals surface area (Å²) in [6, 6.07) is 76.8. The van der Waals surface area contributed by atoms with Crippen LogP contribution < -0.4 is 4.90 Å². The summed E-state index contributed by atoms with van der Waals surface area (Å²) in [5, 5.41) is 7.51. The molecule has 0 amide bonds. The molecular formula is C52H35N3. The van der Waals surface area contributed by atoms with Gasteiger partial charge < -0.3 is 14.0 Å². The van der Waals surface area contributed by atoms with Crippen molar-refractivity contribution in [3.05, 3.63) is 212 Å². The zero-order valence-electron chi connectivity index (χ0n) is 30.0. The van der Waals surface area contributed by atoms with Gasteiger partial charge >= 0.3 is 0 Å². The minimum Gasteiger partial charge on any atom is -0.311 e. The normalized spacial score (nSPS) is 11.6. The molecule has 2 heterocycles. The first-order valence-electron chi connectivity index (χ1n) is 18.9. The molecule has 0 spiro atoms. The molecule has 9 aromatic carbocycles. The minimum atomic E-state index is 1.10. The highest BCUT2D eigenvalue weighted by Crippen LogP contribution is 2.42. The van der Waals surface area contributed by atoms with Crippen LogP contribution in [0.15, 0.2) is 212 Å². The summed E-state index contributed by atoms with van der Waals surface area (Å²) in [4.78, 5) is 2.33. The average molecular weight is 702 g/mol. The molecule has 0 atom stereocenters. The van der Waals surface area contributed by atoms with Crippen LogP contribution in [0.25, 0.3) is 76.9 Å². The maximum absolute atomic E-state index is 2.46. The lowest BCUT2D eigenvalue weighted by molar-refractivity contribution is 1.16. The third-order valence-electron chi connectivity index (χ3n) is 11.1. The fourth-order valence-corrected chi connectivity index (χ4v) is 8.57. The molecule has 0 aliphatic heterocycles. The molecule has 0 aliphatic rings. The molecule has 3 heteroatoms. The molecule has 2 aromatic heterocycles. The number of fused-ring (bicyclic) bond motifs is 8. The molecule has 11 aromatic rings. The van der Waals surface area contributed by atoms with Gasteiger partial charge in [-0.05, 0) is 95.4 Å². The fraction of sp³-hybridized carbons (Fsp3) is 0. The summed E-state index contributed by atoms with van der Waals surface area (Å²) in [7, 11) is 0. The Balaban J connectivity index is 1.10. The lowest BCUT2D eigenvalue weighted by Crippen LogP contribution is -2.10. The highest BCUT2D eigenvalue weighted by Gasteiger charge is 2.20. The first kappa shape index (κ1) is 31.2. The van der Waals surface area contributed by atoms with Gasteiger partial charge in [-0.25, -0.2) is 0 Å². The standard InChI is InChI=1S/C52H35N3/c1-4-14-36(15-5-1)37-24-27-41(28-25-37)53(39-17-6-2-7-18-39)42-29-31-43(32-30-42)54-49-23-13-12-22-45(49)47-34-48-46-33-26-38-16-10-11-21-44(38)52(46)55(51(48)35-50(47)54)40-19-8-3-9-20-40/h1-35H. The molecule has 0 unspecified atom stereocenters. The zero-order valence-corrected chi connectivity index (χ0v) is 30.0. The Labute approximate surface area is 319 Å². The van der Waals surface area contributed by atoms with Crippen LogP contribution in [-0.2, 0) is 0 Å². The highest BCUT2D eigenvalue weighted by atomic mass is 15.1. The van der Waals surface area contributed by atoms with E-state index in [2.05, 4.69) is 226 Å². The van der Waals surface area contributed by atoms with Gasteiger partial charge in [-0.2, -0.15) is 0 Å². The van der Waals surface area contributed by atoms with E-state index in [0.29, 0.717) is 0 Å². The molecule has 0 aliphatic carbocycles. The van der Waals surface area contributed by atoms with Gasteiger partial charge in [0.25, 0.3) is 0 Å². The van der Waals surface area contributed by atoms with Gasteiger partial charge in [0.1, 0.15) is 0 Å². The van der Waals surface area contributed by atoms with E-state index in [9.17, 15) is 0 Å². The van der Waals surface area contributed by atoms with E-state index in [0.717, 1.165) is 28.4 Å². The third-order valence-corrected chi connectivity index (χ3v) is 11.1. The Bertz CT molecular complexity index is 3160. The summed E-state index contributed by atoms with van der Waals surface area (Å²) in [6.07, 6.45) is 0. The second kappa shape index (κ2) is 12.6. The average Bonchev–Trinajstić information content (AvgIpc) is 3.77. The van der Waals surface area contributed by atoms with Crippen molar-refractivity contribution in [1.82, 2.24) is 9.13 Å². The lowest BCUT2D eigenvalue weighted by atomic mass is 10.0. The number of rotatable bonds is 6. The Hall–Kier alpha value is -7.36. The van der Waals surface area contributed by atoms with Crippen LogP contribution in [0, 0.1) is 0 Å². The molecule has 0 bridgehead atoms. The fourth-order valence-electron chi connectivity index (χ4n) is 8.57. The predicted octanol–water partition coefficient (Wildman–Crippen LogP) is 14.2. The van der Waals surface area contributed by atoms with E-state index in [1.54, 1.807) is 0 Å². The van der Waals surface area contributed by atoms with Crippen molar-refractivity contribution in [2.45, 2.75) is 0 Å². The molecule has 0 saturated carbocycles. The number of hydrogen-bond donors (Lipinski definition) is 0. The zero-order chi connectivity index (χ0) is 36.3. The van der Waals surface area contributed by atoms with E-state index >= 15 is 0 Å². The molecule has 0 fully saturated rings. The molecule has 0 radical (unpaired) electrons. The molecule has 0 N–H and O–H groups in total. The maximum Gasteiger partial charge on any atom is 0.0619 e. The van der Waals surface area contributed by atoms with Crippen LogP contribution in [0.2, 0.25) is 0 Å². The molecular weight excluding hydrogens is 667 g/mol. The molecule has 258 valence electrons. The summed E-state index contributed by atoms with van der Waals surface area (Å²) in [6.45, 7) is 0. The smallest absolute Gasteiger partial charge is 0.0619 e. The van der Waals surface area contributed by atoms with Crippen molar-refractivity contribution in [3.8, 4) is 22.5 Å². The SMILES string of the molecule is c1ccc(-c2ccc(N(c3ccccc3)c3ccc(-n4c5ccccc5c5cc6c7ccc8ccccc8c7n(-c7ccccc7)c6cc54)cc3)cc2)cc1. The van der Waals surface area contributed by atoms with Gasteiger partial charge in [0, 0.05) is 55.4 Å². The van der Waals surface area contributed by atoms with Crippen molar-refractivity contribution in [2.75, 3.05) is 4.90 Å². The van der Waals surface area contributed by atoms with Crippen LogP contribution in [0.1, 0.15) is 0 Å². The van der Waals surface area contributed by atoms with Gasteiger partial charge in [0.15, 0.2) is 0 Å². The first-order chi connectivity index (χ1) is 27.3. The Morgan fingerprint density at radius 1 is 0.291 bits per heavy atom. The number of para-hydroxylation sites is 3. The Kier molecular flexibility index (Phi) is 7.17. The first-order valence-corrected chi connectivity index (χ1v) is 18.9. The van der Waals surface area contributed by atoms with Crippen molar-refractivity contribution in [2.24, 2.45) is 0 Å². The van der Waals surface area contributed by atoms with Gasteiger partial charge in [-0.3, -0.25) is 0 Å². The van der Waals surface area contributed by atoms with E-state index in [-0.39, 0.29) is 0 Å². The number of nitrogens with zero attached hydrogens (tertiary/aromatic N) is 3. The second-order valence-electron chi connectivity index (χ2n) is 14.2. The van der Waals surface area contributed by atoms with Crippen LogP contribution in [0.3, 0.4) is 0 Å². The number of anilines is 3. The maximum atomic E-state index is 2.46. The molecule has 11 rings (SSSR count). The summed E-state index contributed by atoms with van der Waals surface area (Å²) < 4.78 is 4.89. The van der Waals surface area contributed by atoms with Gasteiger partial charge in [0.05, 0.1) is 22.1 Å². The van der Waals surface area contributed by atoms with E-state index in [1.165, 1.54) is 65.5 Å². The quantitative estimate of drug-likeness (QED) is 0.168. The number of aromatic nitrogens is 2. The Morgan fingerprint density at radius 2 is 0.818 bits per heavy atom. The number of benzene rings is 9. The lowest BCUT2D eigenvalue weighted by Gasteiger charge is -2.26. The third kappa shape index (κ3) is 5.05. The van der Waals surface area contributed by atoms with Crippen molar-refractivity contribution < 1.29 is 0 Å². The van der Waals surface area contributed by atoms with Crippen LogP contribution in [0.5, 0.6) is 0 Å². The topological polar surface area (TPSA) is 13.1 Å². The van der Waals surface area contributed by atoms with E-state index in [4.69, 9.17) is 0 Å². The van der Waals surface area contributed by atoms with Crippen LogP contribution in [-0.4, -0.2) is 9.13 Å². The largest absolute Gasteiger partial charge is 0.311 e. The molecule has 0 saturated heterocycles. The summed E-state index contributed by atoms with van der Waals surface area (Å²) in [5.74, 6) is 0. The Morgan fingerprint density at radius 3 is 1.56 bits per heavy atom. The predicted molar refractivity (Wildman–Crippen MR) is 233 cm³/mol. The van der Waals surface area contributed by atoms with Crippen molar-refractivity contribution in [3.63, 3.8) is 0 Å². The second-order valence-corrected chi connectivity index (χ2v) is 14.2. The minimum absolute atomic E-state index is 1.10. The van der Waals surface area contributed by atoms with E-state index < -0.39 is 0 Å². The summed E-state index contributed by atoms with van der Waals surface area (Å²) >= 11 is 0. The van der Waals surface area contributed by atoms with Crippen LogP contribution in [0.4, 0.5) is 17.1 Å². The molecule has 55 heavy (non-hydrogen) atoms. The van der Waals surface area contributed by atoms with Gasteiger partial charge in [-0.15, -0.1) is 0 Å². The van der Waals surface area contributed by atoms with Crippen molar-refractivity contribution in [1.29, 1.82) is 0 Å². The van der Waals surface area contributed by atoms with Crippen LogP contribution >= 0.6 is 0 Å². The molecule has 3 nitrogen and oxygen atoms in total. The van der Waals surface area contributed by atoms with Crippen molar-refractivity contribution >= 4 is 71.4 Å². The monoisotopic (exact) mass is 701 g/mol.